The number of nitrogens with zero attached hydrogens (tertiary/aromatic N) is 4. The Labute approximate surface area is 136 Å². The van der Waals surface area contributed by atoms with Crippen LogP contribution >= 0.6 is 7.59 Å². The largest absolute Gasteiger partial charge is 0.394 e. The number of aromatic nitrogens is 2. The molecule has 1 fully saturated rings. The number of aliphatic hydroxyl groups excluding tert-OH is 3. The summed E-state index contributed by atoms with van der Waals surface area (Å²) in [4.78, 5) is 8.22. The number of fused-ring (bicyclic) bond motifs is 1. The number of aliphatic hydroxyl groups is 3. The average Bonchev–Trinajstić information content (AvgIpc) is 3.04. The molecule has 13 nitrogen and oxygen atoms in total. The van der Waals surface area contributed by atoms with Crippen molar-refractivity contribution in [2.24, 2.45) is 21.7 Å². The smallest absolute Gasteiger partial charge is 0.291 e. The van der Waals surface area contributed by atoms with E-state index in [1.165, 1.54) is 17.2 Å². The van der Waals surface area contributed by atoms with Gasteiger partial charge in [-0.2, -0.15) is 5.20 Å². The SMILES string of the molecule is NC1c2ncn([C@@H]3O[C@H](CO)C(O)C3O)c2N=CN1NP(N)(N)=O. The number of nitrogens with two attached hydrogens (primary N) is 3. The van der Waals surface area contributed by atoms with Crippen molar-refractivity contribution in [3.05, 3.63) is 12.0 Å². The maximum absolute atomic E-state index is 11.5. The molecule has 0 bridgehead atoms. The van der Waals surface area contributed by atoms with Gasteiger partial charge < -0.3 is 25.8 Å². The number of aliphatic imine (C=N–C) groups is 1. The third-order valence-electron chi connectivity index (χ3n) is 3.74. The number of hydrogen-bond donors (Lipinski definition) is 7. The molecule has 3 heterocycles. The zero-order valence-corrected chi connectivity index (χ0v) is 13.3. The fourth-order valence-corrected chi connectivity index (χ4v) is 3.13. The third kappa shape index (κ3) is 2.97. The first-order chi connectivity index (χ1) is 11.2. The zero-order valence-electron chi connectivity index (χ0n) is 12.4. The molecule has 0 aliphatic carbocycles. The van der Waals surface area contributed by atoms with Crippen LogP contribution < -0.4 is 21.9 Å². The van der Waals surface area contributed by atoms with Gasteiger partial charge in [0, 0.05) is 0 Å². The quantitative estimate of drug-likeness (QED) is 0.267. The van der Waals surface area contributed by atoms with Crippen LogP contribution in [0.5, 0.6) is 0 Å². The van der Waals surface area contributed by atoms with Gasteiger partial charge in [-0.1, -0.05) is 0 Å². The topological polar surface area (TPSA) is 211 Å². The molecule has 2 aliphatic rings. The maximum atomic E-state index is 11.5. The summed E-state index contributed by atoms with van der Waals surface area (Å²) >= 11 is 0. The van der Waals surface area contributed by atoms with E-state index < -0.39 is 44.9 Å². The second-order valence-corrected chi connectivity index (χ2v) is 7.11. The van der Waals surface area contributed by atoms with E-state index in [4.69, 9.17) is 26.6 Å². The molecule has 3 rings (SSSR count). The van der Waals surface area contributed by atoms with E-state index >= 15 is 0 Å². The molecule has 24 heavy (non-hydrogen) atoms. The Hall–Kier alpha value is -1.41. The van der Waals surface area contributed by atoms with Crippen molar-refractivity contribution in [3.8, 4) is 0 Å². The Balaban J connectivity index is 1.87. The van der Waals surface area contributed by atoms with Gasteiger partial charge >= 0.3 is 0 Å². The molecule has 134 valence electrons. The summed E-state index contributed by atoms with van der Waals surface area (Å²) in [5.74, 6) is 0.277. The molecular formula is C10H19N8O5P. The highest BCUT2D eigenvalue weighted by atomic mass is 31.2. The zero-order chi connectivity index (χ0) is 17.6. The van der Waals surface area contributed by atoms with Gasteiger partial charge in [-0.3, -0.25) is 25.1 Å². The monoisotopic (exact) mass is 362 g/mol. The standard InChI is InChI=1S/C10H19N8O5P/c11-8-5-9(15-3-18(8)16-24(12,13)22)17(2-14-5)10-7(21)6(20)4(1-19)23-10/h2-4,6-8,10,19-21H,1,11H2,(H5,12,13,16,22)/t4-,6?,7?,8?,10-/m1/s1. The van der Waals surface area contributed by atoms with Crippen LogP contribution in [0.25, 0.3) is 0 Å². The Morgan fingerprint density at radius 3 is 2.67 bits per heavy atom. The summed E-state index contributed by atoms with van der Waals surface area (Å²) in [6.07, 6.45) is -2.80. The van der Waals surface area contributed by atoms with Crippen LogP contribution in [0.3, 0.4) is 0 Å². The fraction of sp³-hybridized carbons (Fsp3) is 0.600. The van der Waals surface area contributed by atoms with E-state index in [1.807, 2.05) is 0 Å². The number of imidazole rings is 1. The van der Waals surface area contributed by atoms with Gasteiger partial charge in [-0.25, -0.2) is 9.98 Å². The minimum Gasteiger partial charge on any atom is -0.394 e. The summed E-state index contributed by atoms with van der Waals surface area (Å²) in [7, 11) is -3.58. The third-order valence-corrected chi connectivity index (χ3v) is 4.29. The van der Waals surface area contributed by atoms with E-state index in [0.717, 1.165) is 5.01 Å². The molecule has 14 heteroatoms. The Morgan fingerprint density at radius 1 is 1.38 bits per heavy atom. The summed E-state index contributed by atoms with van der Waals surface area (Å²) < 4.78 is 18.3. The summed E-state index contributed by atoms with van der Waals surface area (Å²) in [5.41, 5.74) is 16.8. The van der Waals surface area contributed by atoms with Crippen LogP contribution in [0.1, 0.15) is 18.1 Å². The number of hydrogen-bond acceptors (Lipinski definition) is 9. The Bertz CT molecular complexity index is 691. The molecular weight excluding hydrogens is 343 g/mol. The molecule has 0 aromatic carbocycles. The Morgan fingerprint density at radius 2 is 2.08 bits per heavy atom. The average molecular weight is 362 g/mol. The van der Waals surface area contributed by atoms with Gasteiger partial charge in [0.2, 0.25) is 0 Å². The fourth-order valence-electron chi connectivity index (χ4n) is 2.60. The second kappa shape index (κ2) is 6.15. The van der Waals surface area contributed by atoms with E-state index in [0.29, 0.717) is 0 Å². The first-order valence-corrected chi connectivity index (χ1v) is 8.80. The number of nitrogens with one attached hydrogen (secondary N) is 1. The van der Waals surface area contributed by atoms with Gasteiger partial charge in [-0.05, 0) is 0 Å². The van der Waals surface area contributed by atoms with Crippen LogP contribution in [0.4, 0.5) is 5.82 Å². The van der Waals surface area contributed by atoms with Gasteiger partial charge in [-0.15, -0.1) is 0 Å². The minimum atomic E-state index is -3.58. The molecule has 0 saturated carbocycles. The predicted molar refractivity (Wildman–Crippen MR) is 81.3 cm³/mol. The molecule has 1 saturated heterocycles. The van der Waals surface area contributed by atoms with Crippen molar-refractivity contribution in [1.29, 1.82) is 0 Å². The lowest BCUT2D eigenvalue weighted by molar-refractivity contribution is -0.0520. The van der Waals surface area contributed by atoms with Crippen LogP contribution in [0.2, 0.25) is 0 Å². The van der Waals surface area contributed by atoms with Gasteiger partial charge in [0.25, 0.3) is 7.59 Å². The summed E-state index contributed by atoms with van der Waals surface area (Å²) in [6, 6.07) is 0. The lowest BCUT2D eigenvalue weighted by atomic mass is 10.1. The van der Waals surface area contributed by atoms with Crippen LogP contribution in [0.15, 0.2) is 11.3 Å². The van der Waals surface area contributed by atoms with Crippen molar-refractivity contribution in [2.45, 2.75) is 30.7 Å². The van der Waals surface area contributed by atoms with Gasteiger partial charge in [0.1, 0.15) is 36.5 Å². The van der Waals surface area contributed by atoms with Crippen molar-refractivity contribution >= 4 is 19.8 Å². The van der Waals surface area contributed by atoms with Gasteiger partial charge in [0.05, 0.1) is 12.9 Å². The summed E-state index contributed by atoms with van der Waals surface area (Å²) in [5, 5.41) is 32.6. The molecule has 10 N–H and O–H groups in total. The van der Waals surface area contributed by atoms with Crippen LogP contribution in [-0.2, 0) is 9.30 Å². The molecule has 0 radical (unpaired) electrons. The molecule has 0 spiro atoms. The second-order valence-electron chi connectivity index (χ2n) is 5.50. The molecule has 1 aromatic heterocycles. The normalized spacial score (nSPS) is 33.1. The first kappa shape index (κ1) is 17.4. The number of hydrazine groups is 1. The van der Waals surface area contributed by atoms with Crippen molar-refractivity contribution in [2.75, 3.05) is 6.61 Å². The van der Waals surface area contributed by atoms with E-state index in [9.17, 15) is 14.8 Å². The number of rotatable bonds is 4. The minimum absolute atomic E-state index is 0.277. The van der Waals surface area contributed by atoms with E-state index in [2.05, 4.69) is 15.2 Å². The molecule has 5 atom stereocenters. The lowest BCUT2D eigenvalue weighted by Crippen LogP contribution is -2.46. The molecule has 3 unspecified atom stereocenters. The highest BCUT2D eigenvalue weighted by Crippen LogP contribution is 2.37. The van der Waals surface area contributed by atoms with E-state index in [-0.39, 0.29) is 11.5 Å². The number of ether oxygens (including phenoxy) is 1. The van der Waals surface area contributed by atoms with Gasteiger partial charge in [0.15, 0.2) is 12.0 Å². The highest BCUT2D eigenvalue weighted by Gasteiger charge is 2.44. The molecule has 2 aliphatic heterocycles. The highest BCUT2D eigenvalue weighted by molar-refractivity contribution is 7.56. The van der Waals surface area contributed by atoms with Crippen LogP contribution in [0, 0.1) is 0 Å². The lowest BCUT2D eigenvalue weighted by Gasteiger charge is -2.30. The first-order valence-electron chi connectivity index (χ1n) is 6.95. The van der Waals surface area contributed by atoms with Crippen molar-refractivity contribution < 1.29 is 24.6 Å². The van der Waals surface area contributed by atoms with Crippen molar-refractivity contribution in [3.63, 3.8) is 0 Å². The van der Waals surface area contributed by atoms with Crippen molar-refractivity contribution in [1.82, 2.24) is 19.8 Å². The summed E-state index contributed by atoms with van der Waals surface area (Å²) in [6.45, 7) is -0.450. The predicted octanol–water partition coefficient (Wildman–Crippen LogP) is -3.04. The van der Waals surface area contributed by atoms with E-state index in [1.54, 1.807) is 0 Å². The Kier molecular flexibility index (Phi) is 4.46. The maximum Gasteiger partial charge on any atom is 0.291 e. The molecule has 1 aromatic rings. The molecule has 0 amide bonds. The van der Waals surface area contributed by atoms with Crippen LogP contribution in [-0.4, -0.2) is 61.1 Å².